The van der Waals surface area contributed by atoms with Crippen molar-refractivity contribution in [2.45, 2.75) is 6.54 Å². The van der Waals surface area contributed by atoms with E-state index in [1.54, 1.807) is 39.7 Å². The van der Waals surface area contributed by atoms with E-state index in [0.717, 1.165) is 5.56 Å². The van der Waals surface area contributed by atoms with Gasteiger partial charge >= 0.3 is 0 Å². The van der Waals surface area contributed by atoms with Crippen LogP contribution < -0.4 is 10.6 Å². The molecule has 3 aromatic heterocycles. The Hall–Kier alpha value is -2.45. The summed E-state index contributed by atoms with van der Waals surface area (Å²) in [6, 6.07) is 5.46. The zero-order valence-electron chi connectivity index (χ0n) is 12.1. The molecule has 23 heavy (non-hydrogen) atoms. The van der Waals surface area contributed by atoms with Gasteiger partial charge in [-0.25, -0.2) is 4.68 Å². The molecule has 6 nitrogen and oxygen atoms in total. The molecule has 0 aliphatic carbocycles. The van der Waals surface area contributed by atoms with Crippen LogP contribution in [-0.4, -0.2) is 28.1 Å². The first kappa shape index (κ1) is 15.4. The molecule has 0 atom stereocenters. The number of carbonyl (C=O) groups is 2. The maximum atomic E-state index is 12.0. The van der Waals surface area contributed by atoms with Crippen LogP contribution in [0.15, 0.2) is 45.9 Å². The molecule has 8 heteroatoms. The number of nitrogens with zero attached hydrogens (tertiary/aromatic N) is 2. The largest absolute Gasteiger partial charge is 0.343 e. The number of aromatic nitrogens is 2. The van der Waals surface area contributed by atoms with E-state index in [2.05, 4.69) is 15.7 Å². The minimum Gasteiger partial charge on any atom is -0.343 e. The third-order valence-corrected chi connectivity index (χ3v) is 4.50. The maximum Gasteiger partial charge on any atom is 0.252 e. The van der Waals surface area contributed by atoms with Crippen LogP contribution in [0.4, 0.5) is 5.82 Å². The zero-order valence-corrected chi connectivity index (χ0v) is 13.7. The first-order valence-electron chi connectivity index (χ1n) is 6.85. The third-order valence-electron chi connectivity index (χ3n) is 3.09. The van der Waals surface area contributed by atoms with Gasteiger partial charge in [0.1, 0.15) is 5.82 Å². The monoisotopic (exact) mass is 346 g/mol. The zero-order chi connectivity index (χ0) is 16.1. The molecule has 0 bridgehead atoms. The number of hydrogen-bond donors (Lipinski definition) is 2. The van der Waals surface area contributed by atoms with Gasteiger partial charge in [-0.05, 0) is 33.8 Å². The molecule has 0 unspecified atom stereocenters. The fourth-order valence-corrected chi connectivity index (χ4v) is 3.26. The average molecular weight is 346 g/mol. The first-order chi connectivity index (χ1) is 11.2. The van der Waals surface area contributed by atoms with Crippen LogP contribution in [0.1, 0.15) is 15.9 Å². The van der Waals surface area contributed by atoms with Gasteiger partial charge in [0.05, 0.1) is 19.3 Å². The summed E-state index contributed by atoms with van der Waals surface area (Å²) in [6.45, 7) is 0.506. The first-order valence-corrected chi connectivity index (χ1v) is 8.74. The van der Waals surface area contributed by atoms with E-state index >= 15 is 0 Å². The topological polar surface area (TPSA) is 76.0 Å². The molecular formula is C15H14N4O2S2. The van der Waals surface area contributed by atoms with Crippen LogP contribution in [-0.2, 0) is 11.3 Å². The summed E-state index contributed by atoms with van der Waals surface area (Å²) in [5.74, 6) is 0.0554. The quantitative estimate of drug-likeness (QED) is 0.720. The molecule has 0 aliphatic heterocycles. The Balaban J connectivity index is 1.54. The minimum atomic E-state index is -0.291. The van der Waals surface area contributed by atoms with Gasteiger partial charge in [0.15, 0.2) is 0 Å². The number of anilines is 1. The van der Waals surface area contributed by atoms with Crippen molar-refractivity contribution in [3.8, 4) is 0 Å². The van der Waals surface area contributed by atoms with Crippen molar-refractivity contribution in [2.75, 3.05) is 11.9 Å². The summed E-state index contributed by atoms with van der Waals surface area (Å²) >= 11 is 3.05. The van der Waals surface area contributed by atoms with E-state index in [1.807, 2.05) is 22.2 Å². The lowest BCUT2D eigenvalue weighted by Gasteiger charge is -2.09. The van der Waals surface area contributed by atoms with E-state index in [1.165, 1.54) is 11.3 Å². The summed E-state index contributed by atoms with van der Waals surface area (Å²) in [5.41, 5.74) is 1.69. The van der Waals surface area contributed by atoms with Crippen LogP contribution in [0, 0.1) is 0 Å². The van der Waals surface area contributed by atoms with E-state index in [0.29, 0.717) is 17.9 Å². The highest BCUT2D eigenvalue weighted by Gasteiger charge is 2.11. The van der Waals surface area contributed by atoms with Crippen molar-refractivity contribution in [3.05, 3.63) is 57.0 Å². The molecule has 0 radical (unpaired) electrons. The van der Waals surface area contributed by atoms with Gasteiger partial charge in [-0.1, -0.05) is 0 Å². The number of hydrogen-bond acceptors (Lipinski definition) is 5. The molecule has 3 rings (SSSR count). The van der Waals surface area contributed by atoms with Crippen molar-refractivity contribution < 1.29 is 9.59 Å². The second-order valence-corrected chi connectivity index (χ2v) is 6.31. The number of carbonyl (C=O) groups excluding carboxylic acids is 2. The Labute approximate surface area is 140 Å². The molecule has 3 aromatic rings. The number of nitrogens with one attached hydrogen (secondary N) is 2. The Bertz CT molecular complexity index is 778. The molecule has 0 saturated heterocycles. The smallest absolute Gasteiger partial charge is 0.252 e. The van der Waals surface area contributed by atoms with Gasteiger partial charge in [-0.15, -0.1) is 0 Å². The van der Waals surface area contributed by atoms with Gasteiger partial charge in [0.25, 0.3) is 5.91 Å². The summed E-state index contributed by atoms with van der Waals surface area (Å²) in [5, 5.41) is 17.1. The lowest BCUT2D eigenvalue weighted by Crippen LogP contribution is -2.33. The Morgan fingerprint density at radius 3 is 2.70 bits per heavy atom. The van der Waals surface area contributed by atoms with E-state index < -0.39 is 0 Å². The molecule has 2 N–H and O–H groups in total. The Morgan fingerprint density at radius 2 is 1.96 bits per heavy atom. The average Bonchev–Trinajstić information content (AvgIpc) is 3.28. The molecule has 0 spiro atoms. The predicted octanol–water partition coefficient (Wildman–Crippen LogP) is 2.42. The van der Waals surface area contributed by atoms with E-state index in [4.69, 9.17) is 0 Å². The fourth-order valence-electron chi connectivity index (χ4n) is 1.96. The molecule has 0 aromatic carbocycles. The van der Waals surface area contributed by atoms with Crippen molar-refractivity contribution in [3.63, 3.8) is 0 Å². The van der Waals surface area contributed by atoms with Crippen molar-refractivity contribution in [1.82, 2.24) is 15.1 Å². The summed E-state index contributed by atoms with van der Waals surface area (Å²) in [6.07, 6.45) is 1.63. The maximum absolute atomic E-state index is 12.0. The number of rotatable bonds is 6. The van der Waals surface area contributed by atoms with Crippen molar-refractivity contribution in [2.24, 2.45) is 0 Å². The van der Waals surface area contributed by atoms with Crippen molar-refractivity contribution in [1.29, 1.82) is 0 Å². The molecule has 0 fully saturated rings. The summed E-state index contributed by atoms with van der Waals surface area (Å²) in [7, 11) is 0. The Morgan fingerprint density at radius 1 is 1.13 bits per heavy atom. The fraction of sp³-hybridized carbons (Fsp3) is 0.133. The highest BCUT2D eigenvalue weighted by molar-refractivity contribution is 7.08. The molecule has 2 amide bonds. The van der Waals surface area contributed by atoms with E-state index in [9.17, 15) is 9.59 Å². The van der Waals surface area contributed by atoms with Gasteiger partial charge in [-0.2, -0.15) is 27.8 Å². The molecular weight excluding hydrogens is 332 g/mol. The second-order valence-electron chi connectivity index (χ2n) is 4.75. The standard InChI is InChI=1S/C15H14N4O2S2/c20-14(7-16-15(21)12-3-6-23-10-12)18-13-1-4-17-19(13)8-11-2-5-22-9-11/h1-6,9-10H,7-8H2,(H,16,21)(H,18,20). The van der Waals surface area contributed by atoms with Crippen LogP contribution in [0.2, 0.25) is 0 Å². The Kier molecular flexibility index (Phi) is 4.84. The normalized spacial score (nSPS) is 10.4. The molecule has 0 saturated carbocycles. The van der Waals surface area contributed by atoms with E-state index in [-0.39, 0.29) is 18.4 Å². The van der Waals surface area contributed by atoms with Crippen LogP contribution >= 0.6 is 22.7 Å². The second kappa shape index (κ2) is 7.21. The van der Waals surface area contributed by atoms with Gasteiger partial charge in [-0.3, -0.25) is 9.59 Å². The molecule has 118 valence electrons. The number of amides is 2. The van der Waals surface area contributed by atoms with Gasteiger partial charge in [0.2, 0.25) is 5.91 Å². The molecule has 0 aliphatic rings. The van der Waals surface area contributed by atoms with Crippen molar-refractivity contribution >= 4 is 40.3 Å². The minimum absolute atomic E-state index is 0.0850. The van der Waals surface area contributed by atoms with Crippen LogP contribution in [0.25, 0.3) is 0 Å². The lowest BCUT2D eigenvalue weighted by molar-refractivity contribution is -0.115. The third kappa shape index (κ3) is 4.05. The highest BCUT2D eigenvalue weighted by Crippen LogP contribution is 2.12. The van der Waals surface area contributed by atoms with Gasteiger partial charge < -0.3 is 10.6 Å². The number of thiophene rings is 2. The summed E-state index contributed by atoms with van der Waals surface area (Å²) < 4.78 is 1.71. The summed E-state index contributed by atoms with van der Waals surface area (Å²) in [4.78, 5) is 23.8. The van der Waals surface area contributed by atoms with Crippen LogP contribution in [0.5, 0.6) is 0 Å². The van der Waals surface area contributed by atoms with Crippen LogP contribution in [0.3, 0.4) is 0 Å². The SMILES string of the molecule is O=C(CNC(=O)c1ccsc1)Nc1ccnn1Cc1ccsc1. The molecule has 3 heterocycles. The van der Waals surface area contributed by atoms with Gasteiger partial charge in [0, 0.05) is 17.0 Å². The predicted molar refractivity (Wildman–Crippen MR) is 90.9 cm³/mol. The lowest BCUT2D eigenvalue weighted by atomic mass is 10.3. The highest BCUT2D eigenvalue weighted by atomic mass is 32.1.